The summed E-state index contributed by atoms with van der Waals surface area (Å²) in [6.07, 6.45) is 0. The van der Waals surface area contributed by atoms with Gasteiger partial charge in [-0.25, -0.2) is 0 Å². The van der Waals surface area contributed by atoms with E-state index in [0.717, 1.165) is 21.8 Å². The molecule has 6 heteroatoms. The van der Waals surface area contributed by atoms with Crippen molar-refractivity contribution in [2.75, 3.05) is 19.0 Å². The summed E-state index contributed by atoms with van der Waals surface area (Å²) in [6.45, 7) is 3.44. The van der Waals surface area contributed by atoms with Crippen molar-refractivity contribution in [1.82, 2.24) is 4.90 Å². The maximum atomic E-state index is 12.3. The second-order valence-corrected chi connectivity index (χ2v) is 5.86. The predicted molar refractivity (Wildman–Crippen MR) is 92.9 cm³/mol. The van der Waals surface area contributed by atoms with Gasteiger partial charge in [-0.1, -0.05) is 12.1 Å². The lowest BCUT2D eigenvalue weighted by Crippen LogP contribution is -2.37. The molecule has 1 N–H and O–H groups in total. The van der Waals surface area contributed by atoms with Crippen LogP contribution >= 0.6 is 0 Å². The van der Waals surface area contributed by atoms with Crippen molar-refractivity contribution in [3.05, 3.63) is 58.7 Å². The van der Waals surface area contributed by atoms with Crippen molar-refractivity contribution in [1.29, 1.82) is 0 Å². The Labute approximate surface area is 145 Å². The highest BCUT2D eigenvalue weighted by atomic mass is 16.5. The Bertz CT molecular complexity index is 854. The van der Waals surface area contributed by atoms with Gasteiger partial charge in [0.2, 0.25) is 5.91 Å². The largest absolute Gasteiger partial charge is 0.496 e. The van der Waals surface area contributed by atoms with E-state index in [4.69, 9.17) is 4.74 Å². The second kappa shape index (κ2) is 6.39. The molecule has 0 radical (unpaired) electrons. The lowest BCUT2D eigenvalue weighted by molar-refractivity contribution is -0.116. The molecule has 0 bridgehead atoms. The topological polar surface area (TPSA) is 75.7 Å². The fourth-order valence-electron chi connectivity index (χ4n) is 2.87. The molecule has 1 aliphatic heterocycles. The number of carbonyl (C=O) groups is 3. The molecule has 2 aromatic rings. The number of ether oxygens (including phenoxy) is 1. The Balaban J connectivity index is 1.75. The normalized spacial score (nSPS) is 13.0. The number of hydrogen-bond donors (Lipinski definition) is 1. The second-order valence-electron chi connectivity index (χ2n) is 5.86. The van der Waals surface area contributed by atoms with E-state index >= 15 is 0 Å². The van der Waals surface area contributed by atoms with Crippen LogP contribution in [0.5, 0.6) is 5.75 Å². The fourth-order valence-corrected chi connectivity index (χ4v) is 2.87. The molecule has 0 aromatic heterocycles. The van der Waals surface area contributed by atoms with Gasteiger partial charge in [0, 0.05) is 5.69 Å². The first kappa shape index (κ1) is 16.7. The number of anilines is 1. The van der Waals surface area contributed by atoms with Gasteiger partial charge in [0.15, 0.2) is 0 Å². The standard InChI is InChI=1S/C19H18N2O4/c1-11-12(2)16(25-3)9-8-15(11)20-17(22)10-21-18(23)13-6-4-5-7-14(13)19(21)24/h4-9H,10H2,1-3H3,(H,20,22). The first-order valence-electron chi connectivity index (χ1n) is 7.83. The minimum atomic E-state index is -0.446. The highest BCUT2D eigenvalue weighted by molar-refractivity contribution is 6.22. The number of imide groups is 1. The molecule has 3 amide bonds. The van der Waals surface area contributed by atoms with Crippen molar-refractivity contribution in [3.8, 4) is 5.75 Å². The van der Waals surface area contributed by atoms with E-state index in [-0.39, 0.29) is 6.54 Å². The van der Waals surface area contributed by atoms with E-state index in [9.17, 15) is 14.4 Å². The predicted octanol–water partition coefficient (Wildman–Crippen LogP) is 2.55. The van der Waals surface area contributed by atoms with Crippen LogP contribution in [0.2, 0.25) is 0 Å². The summed E-state index contributed by atoms with van der Waals surface area (Å²) < 4.78 is 5.25. The van der Waals surface area contributed by atoms with Crippen molar-refractivity contribution in [2.24, 2.45) is 0 Å². The molecule has 0 saturated heterocycles. The summed E-state index contributed by atoms with van der Waals surface area (Å²) in [5.41, 5.74) is 3.07. The van der Waals surface area contributed by atoms with Crippen LogP contribution in [-0.4, -0.2) is 36.3 Å². The zero-order chi connectivity index (χ0) is 18.1. The molecule has 0 atom stereocenters. The average Bonchev–Trinajstić information content (AvgIpc) is 2.85. The molecule has 1 heterocycles. The van der Waals surface area contributed by atoms with Crippen LogP contribution in [0.1, 0.15) is 31.8 Å². The highest BCUT2D eigenvalue weighted by Gasteiger charge is 2.36. The first-order chi connectivity index (χ1) is 11.9. The minimum Gasteiger partial charge on any atom is -0.496 e. The van der Waals surface area contributed by atoms with Crippen LogP contribution in [0.4, 0.5) is 5.69 Å². The number of fused-ring (bicyclic) bond motifs is 1. The summed E-state index contributed by atoms with van der Waals surface area (Å²) >= 11 is 0. The minimum absolute atomic E-state index is 0.323. The molecule has 25 heavy (non-hydrogen) atoms. The van der Waals surface area contributed by atoms with E-state index in [0.29, 0.717) is 16.8 Å². The average molecular weight is 338 g/mol. The number of amides is 3. The van der Waals surface area contributed by atoms with Gasteiger partial charge >= 0.3 is 0 Å². The molecule has 1 aliphatic rings. The third-order valence-corrected chi connectivity index (χ3v) is 4.41. The Morgan fingerprint density at radius 3 is 2.16 bits per heavy atom. The number of methoxy groups -OCH3 is 1. The number of nitrogens with one attached hydrogen (secondary N) is 1. The van der Waals surface area contributed by atoms with E-state index in [1.807, 2.05) is 13.8 Å². The van der Waals surface area contributed by atoms with Gasteiger partial charge in [0.1, 0.15) is 12.3 Å². The van der Waals surface area contributed by atoms with E-state index in [1.165, 1.54) is 0 Å². The SMILES string of the molecule is COc1ccc(NC(=O)CN2C(=O)c3ccccc3C2=O)c(C)c1C. The summed E-state index contributed by atoms with van der Waals surface area (Å²) in [6, 6.07) is 10.1. The summed E-state index contributed by atoms with van der Waals surface area (Å²) in [5, 5.41) is 2.76. The number of nitrogens with zero attached hydrogens (tertiary/aromatic N) is 1. The Morgan fingerprint density at radius 1 is 1.00 bits per heavy atom. The van der Waals surface area contributed by atoms with Crippen LogP contribution in [0, 0.1) is 13.8 Å². The van der Waals surface area contributed by atoms with Gasteiger partial charge in [0.25, 0.3) is 11.8 Å². The highest BCUT2D eigenvalue weighted by Crippen LogP contribution is 2.27. The van der Waals surface area contributed by atoms with Crippen molar-refractivity contribution in [2.45, 2.75) is 13.8 Å². The Hall–Kier alpha value is -3.15. The molecule has 2 aromatic carbocycles. The molecule has 0 spiro atoms. The van der Waals surface area contributed by atoms with Gasteiger partial charge in [-0.05, 0) is 49.2 Å². The van der Waals surface area contributed by atoms with E-state index < -0.39 is 17.7 Å². The zero-order valence-corrected chi connectivity index (χ0v) is 14.3. The third-order valence-electron chi connectivity index (χ3n) is 4.41. The molecular formula is C19H18N2O4. The number of rotatable bonds is 4. The summed E-state index contributed by atoms with van der Waals surface area (Å²) in [7, 11) is 1.59. The van der Waals surface area contributed by atoms with Gasteiger partial charge in [-0.2, -0.15) is 0 Å². The van der Waals surface area contributed by atoms with Crippen LogP contribution < -0.4 is 10.1 Å². The number of benzene rings is 2. The monoisotopic (exact) mass is 338 g/mol. The molecular weight excluding hydrogens is 320 g/mol. The molecule has 128 valence electrons. The van der Waals surface area contributed by atoms with Gasteiger partial charge in [-0.15, -0.1) is 0 Å². The van der Waals surface area contributed by atoms with Crippen LogP contribution in [0.25, 0.3) is 0 Å². The molecule has 0 fully saturated rings. The summed E-state index contributed by atoms with van der Waals surface area (Å²) in [5.74, 6) is -0.588. The van der Waals surface area contributed by atoms with Gasteiger partial charge < -0.3 is 10.1 Å². The van der Waals surface area contributed by atoms with Crippen LogP contribution in [0.3, 0.4) is 0 Å². The molecule has 0 unspecified atom stereocenters. The van der Waals surface area contributed by atoms with Crippen LogP contribution in [-0.2, 0) is 4.79 Å². The lowest BCUT2D eigenvalue weighted by atomic mass is 10.1. The van der Waals surface area contributed by atoms with E-state index in [1.54, 1.807) is 43.5 Å². The third kappa shape index (κ3) is 2.87. The zero-order valence-electron chi connectivity index (χ0n) is 14.3. The smallest absolute Gasteiger partial charge is 0.262 e. The first-order valence-corrected chi connectivity index (χ1v) is 7.83. The van der Waals surface area contributed by atoms with Crippen molar-refractivity contribution in [3.63, 3.8) is 0 Å². The Morgan fingerprint density at radius 2 is 1.60 bits per heavy atom. The maximum absolute atomic E-state index is 12.3. The van der Waals surface area contributed by atoms with Gasteiger partial charge in [0.05, 0.1) is 18.2 Å². The molecule has 3 rings (SSSR count). The van der Waals surface area contributed by atoms with E-state index in [2.05, 4.69) is 5.32 Å². The van der Waals surface area contributed by atoms with Crippen LogP contribution in [0.15, 0.2) is 36.4 Å². The van der Waals surface area contributed by atoms with Crippen molar-refractivity contribution < 1.29 is 19.1 Å². The molecule has 0 aliphatic carbocycles. The summed E-state index contributed by atoms with van der Waals surface area (Å²) in [4.78, 5) is 37.9. The van der Waals surface area contributed by atoms with Crippen molar-refractivity contribution >= 4 is 23.4 Å². The number of hydrogen-bond acceptors (Lipinski definition) is 4. The fraction of sp³-hybridized carbons (Fsp3) is 0.211. The maximum Gasteiger partial charge on any atom is 0.262 e. The number of carbonyl (C=O) groups excluding carboxylic acids is 3. The lowest BCUT2D eigenvalue weighted by Gasteiger charge is -2.16. The Kier molecular flexibility index (Phi) is 4.27. The molecule has 6 nitrogen and oxygen atoms in total. The molecule has 0 saturated carbocycles. The quantitative estimate of drug-likeness (QED) is 0.869. The van der Waals surface area contributed by atoms with Gasteiger partial charge in [-0.3, -0.25) is 19.3 Å².